The van der Waals surface area contributed by atoms with Crippen LogP contribution in [0, 0.1) is 0 Å². The summed E-state index contributed by atoms with van der Waals surface area (Å²) in [5, 5.41) is 26.5. The molecule has 0 heterocycles. The Balaban J connectivity index is 3.36. The summed E-state index contributed by atoms with van der Waals surface area (Å²) in [6.45, 7) is 0. The lowest BCUT2D eigenvalue weighted by atomic mass is 10.2. The van der Waals surface area contributed by atoms with E-state index in [9.17, 15) is 4.79 Å². The molecule has 1 aromatic rings. The molecule has 0 aliphatic rings. The molecule has 57 valence electrons. The predicted molar refractivity (Wildman–Crippen MR) is 36.2 cm³/mol. The molecule has 0 amide bonds. The summed E-state index contributed by atoms with van der Waals surface area (Å²) in [4.78, 5) is 10.0. The number of hydrogen-bond acceptors (Lipinski definition) is 4. The van der Waals surface area contributed by atoms with Crippen molar-refractivity contribution in [2.45, 2.75) is 0 Å². The molecule has 0 saturated carbocycles. The molecule has 0 aromatic heterocycles. The van der Waals surface area contributed by atoms with E-state index in [2.05, 4.69) is 0 Å². The molecule has 11 heavy (non-hydrogen) atoms. The van der Waals surface area contributed by atoms with Crippen molar-refractivity contribution >= 4 is 6.29 Å². The van der Waals surface area contributed by atoms with E-state index in [1.165, 1.54) is 6.29 Å². The Morgan fingerprint density at radius 1 is 1.09 bits per heavy atom. The summed E-state index contributed by atoms with van der Waals surface area (Å²) in [6.07, 6.45) is 1.39. The maximum absolute atomic E-state index is 10.0. The SMILES string of the molecule is O=[C]c1ccc(O)c(O)c1O. The van der Waals surface area contributed by atoms with Gasteiger partial charge in [0.25, 0.3) is 0 Å². The average molecular weight is 153 g/mol. The maximum Gasteiger partial charge on any atom is 0.237 e. The molecule has 3 N–H and O–H groups in total. The highest BCUT2D eigenvalue weighted by atomic mass is 16.3. The third-order valence-corrected chi connectivity index (χ3v) is 1.24. The van der Waals surface area contributed by atoms with Crippen molar-refractivity contribution in [1.29, 1.82) is 0 Å². The van der Waals surface area contributed by atoms with Crippen LogP contribution in [0.3, 0.4) is 0 Å². The van der Waals surface area contributed by atoms with Gasteiger partial charge in [0, 0.05) is 0 Å². The molecular formula is C7H5O4. The van der Waals surface area contributed by atoms with Crippen LogP contribution in [0.5, 0.6) is 17.2 Å². The Morgan fingerprint density at radius 3 is 2.27 bits per heavy atom. The van der Waals surface area contributed by atoms with Crippen LogP contribution in [0.4, 0.5) is 0 Å². The molecule has 0 aliphatic carbocycles. The molecule has 0 saturated heterocycles. The maximum atomic E-state index is 10.0. The molecule has 4 heteroatoms. The molecule has 1 radical (unpaired) electrons. The summed E-state index contributed by atoms with van der Waals surface area (Å²) in [5.41, 5.74) is -0.180. The van der Waals surface area contributed by atoms with Crippen molar-refractivity contribution in [1.82, 2.24) is 0 Å². The molecule has 0 aliphatic heterocycles. The van der Waals surface area contributed by atoms with Crippen molar-refractivity contribution in [3.05, 3.63) is 17.7 Å². The van der Waals surface area contributed by atoms with Gasteiger partial charge in [-0.15, -0.1) is 0 Å². The fraction of sp³-hybridized carbons (Fsp3) is 0. The van der Waals surface area contributed by atoms with E-state index in [1.54, 1.807) is 0 Å². The van der Waals surface area contributed by atoms with Gasteiger partial charge in [0.15, 0.2) is 11.5 Å². The smallest absolute Gasteiger partial charge is 0.237 e. The first-order valence-corrected chi connectivity index (χ1v) is 2.79. The fourth-order valence-corrected chi connectivity index (χ4v) is 0.651. The molecule has 0 bridgehead atoms. The molecular weight excluding hydrogens is 148 g/mol. The lowest BCUT2D eigenvalue weighted by molar-refractivity contribution is 0.367. The Hall–Kier alpha value is -1.71. The van der Waals surface area contributed by atoms with E-state index in [1.807, 2.05) is 0 Å². The Kier molecular flexibility index (Phi) is 1.68. The van der Waals surface area contributed by atoms with Crippen molar-refractivity contribution in [3.63, 3.8) is 0 Å². The van der Waals surface area contributed by atoms with Gasteiger partial charge in [-0.2, -0.15) is 0 Å². The topological polar surface area (TPSA) is 77.8 Å². The predicted octanol–water partition coefficient (Wildman–Crippen LogP) is 0.261. The highest BCUT2D eigenvalue weighted by Gasteiger charge is 2.09. The quantitative estimate of drug-likeness (QED) is 0.506. The van der Waals surface area contributed by atoms with E-state index in [4.69, 9.17) is 15.3 Å². The number of carbonyl (C=O) groups excluding carboxylic acids is 1. The minimum absolute atomic E-state index is 0.180. The standard InChI is InChI=1S/C7H5O4/c8-3-4-1-2-5(9)7(11)6(4)10/h1-2,9-11H. The second-order valence-electron chi connectivity index (χ2n) is 1.93. The van der Waals surface area contributed by atoms with Crippen LogP contribution in [0.15, 0.2) is 12.1 Å². The highest BCUT2D eigenvalue weighted by molar-refractivity contribution is 5.82. The van der Waals surface area contributed by atoms with Crippen molar-refractivity contribution in [3.8, 4) is 17.2 Å². The van der Waals surface area contributed by atoms with Crippen LogP contribution in [-0.4, -0.2) is 21.6 Å². The van der Waals surface area contributed by atoms with Crippen molar-refractivity contribution < 1.29 is 20.1 Å². The molecule has 0 unspecified atom stereocenters. The Labute approximate surface area is 62.3 Å². The van der Waals surface area contributed by atoms with E-state index in [0.29, 0.717) is 0 Å². The van der Waals surface area contributed by atoms with Gasteiger partial charge in [-0.05, 0) is 12.1 Å². The second-order valence-corrected chi connectivity index (χ2v) is 1.93. The van der Waals surface area contributed by atoms with Crippen molar-refractivity contribution in [2.75, 3.05) is 0 Å². The number of phenolic OH excluding ortho intramolecular Hbond substituents is 3. The normalized spacial score (nSPS) is 9.45. The third kappa shape index (κ3) is 1.10. The number of rotatable bonds is 1. The monoisotopic (exact) mass is 153 g/mol. The first-order chi connectivity index (χ1) is 5.16. The summed E-state index contributed by atoms with van der Waals surface area (Å²) in [7, 11) is 0. The van der Waals surface area contributed by atoms with Crippen LogP contribution in [0.25, 0.3) is 0 Å². The molecule has 1 aromatic carbocycles. The zero-order chi connectivity index (χ0) is 8.43. The van der Waals surface area contributed by atoms with Crippen LogP contribution < -0.4 is 0 Å². The summed E-state index contributed by atoms with van der Waals surface area (Å²) < 4.78 is 0. The zero-order valence-electron chi connectivity index (χ0n) is 5.40. The van der Waals surface area contributed by atoms with E-state index in [0.717, 1.165) is 12.1 Å². The number of benzene rings is 1. The minimum atomic E-state index is -0.703. The van der Waals surface area contributed by atoms with Gasteiger partial charge >= 0.3 is 0 Å². The molecule has 0 atom stereocenters. The van der Waals surface area contributed by atoms with Gasteiger partial charge in [-0.3, -0.25) is 4.79 Å². The molecule has 1 rings (SSSR count). The summed E-state index contributed by atoms with van der Waals surface area (Å²) in [6, 6.07) is 2.24. The van der Waals surface area contributed by atoms with Gasteiger partial charge in [-0.1, -0.05) is 0 Å². The first-order valence-electron chi connectivity index (χ1n) is 2.79. The third-order valence-electron chi connectivity index (χ3n) is 1.24. The minimum Gasteiger partial charge on any atom is -0.504 e. The average Bonchev–Trinajstić information content (AvgIpc) is 2.01. The molecule has 4 nitrogen and oxygen atoms in total. The Morgan fingerprint density at radius 2 is 1.73 bits per heavy atom. The van der Waals surface area contributed by atoms with E-state index >= 15 is 0 Å². The number of phenols is 3. The molecule has 0 fully saturated rings. The van der Waals surface area contributed by atoms with Gasteiger partial charge < -0.3 is 15.3 Å². The lowest BCUT2D eigenvalue weighted by Gasteiger charge is -2.00. The second kappa shape index (κ2) is 2.49. The van der Waals surface area contributed by atoms with Crippen LogP contribution in [0.1, 0.15) is 5.56 Å². The van der Waals surface area contributed by atoms with E-state index < -0.39 is 17.2 Å². The zero-order valence-corrected chi connectivity index (χ0v) is 5.40. The van der Waals surface area contributed by atoms with Crippen molar-refractivity contribution in [2.24, 2.45) is 0 Å². The fourth-order valence-electron chi connectivity index (χ4n) is 0.651. The summed E-state index contributed by atoms with van der Waals surface area (Å²) >= 11 is 0. The van der Waals surface area contributed by atoms with Gasteiger partial charge in [0.05, 0.1) is 5.56 Å². The first kappa shape index (κ1) is 7.40. The largest absolute Gasteiger partial charge is 0.504 e. The Bertz CT molecular complexity index is 293. The number of aromatic hydroxyl groups is 3. The lowest BCUT2D eigenvalue weighted by Crippen LogP contribution is -1.81. The van der Waals surface area contributed by atoms with E-state index in [-0.39, 0.29) is 5.56 Å². The van der Waals surface area contributed by atoms with Gasteiger partial charge in [0.2, 0.25) is 12.0 Å². The van der Waals surface area contributed by atoms with Crippen LogP contribution in [-0.2, 0) is 4.79 Å². The number of hydrogen-bond donors (Lipinski definition) is 3. The van der Waals surface area contributed by atoms with Gasteiger partial charge in [0.1, 0.15) is 0 Å². The molecule has 0 spiro atoms. The van der Waals surface area contributed by atoms with Crippen LogP contribution in [0.2, 0.25) is 0 Å². The highest BCUT2D eigenvalue weighted by Crippen LogP contribution is 2.35. The van der Waals surface area contributed by atoms with Crippen LogP contribution >= 0.6 is 0 Å². The van der Waals surface area contributed by atoms with Gasteiger partial charge in [-0.25, -0.2) is 0 Å². The summed E-state index contributed by atoms with van der Waals surface area (Å²) in [5.74, 6) is -1.83.